The molecule has 0 saturated heterocycles. The maximum Gasteiger partial charge on any atom is 0.269 e. The lowest BCUT2D eigenvalue weighted by molar-refractivity contribution is 0.488. The van der Waals surface area contributed by atoms with E-state index in [1.807, 2.05) is 31.2 Å². The highest BCUT2D eigenvalue weighted by Crippen LogP contribution is 2.39. The molecular weight excluding hydrogens is 386 g/mol. The van der Waals surface area contributed by atoms with Gasteiger partial charge in [0.2, 0.25) is 0 Å². The highest BCUT2D eigenvalue weighted by atomic mass is 32.2. The van der Waals surface area contributed by atoms with Crippen LogP contribution in [0.1, 0.15) is 11.3 Å². The minimum absolute atomic E-state index is 0.0599. The molecule has 0 aliphatic carbocycles. The average Bonchev–Trinajstić information content (AvgIpc) is 3.02. The van der Waals surface area contributed by atoms with E-state index < -0.39 is 10.0 Å². The largest absolute Gasteiger partial charge is 0.457 e. The molecule has 0 spiro atoms. The van der Waals surface area contributed by atoms with Gasteiger partial charge in [0, 0.05) is 0 Å². The van der Waals surface area contributed by atoms with Crippen molar-refractivity contribution in [3.8, 4) is 17.6 Å². The number of nitriles is 1. The lowest BCUT2D eigenvalue weighted by Gasteiger charge is -2.10. The Labute approximate surface area is 168 Å². The highest BCUT2D eigenvalue weighted by molar-refractivity contribution is 7.90. The second-order valence-electron chi connectivity index (χ2n) is 6.52. The van der Waals surface area contributed by atoms with Crippen LogP contribution in [0.3, 0.4) is 0 Å². The van der Waals surface area contributed by atoms with Gasteiger partial charge in [-0.15, -0.1) is 0 Å². The van der Waals surface area contributed by atoms with Crippen LogP contribution in [0.25, 0.3) is 10.9 Å². The minimum Gasteiger partial charge on any atom is -0.457 e. The van der Waals surface area contributed by atoms with Gasteiger partial charge in [-0.25, -0.2) is 12.4 Å². The van der Waals surface area contributed by atoms with Crippen LogP contribution < -0.4 is 10.5 Å². The number of nitrogen functional groups attached to an aromatic ring is 1. The predicted molar refractivity (Wildman–Crippen MR) is 111 cm³/mol. The van der Waals surface area contributed by atoms with Gasteiger partial charge in [0.05, 0.1) is 21.5 Å². The van der Waals surface area contributed by atoms with Gasteiger partial charge in [0.1, 0.15) is 17.6 Å². The number of nitrogens with zero attached hydrogens (tertiary/aromatic N) is 2. The van der Waals surface area contributed by atoms with Crippen molar-refractivity contribution in [1.29, 1.82) is 5.26 Å². The van der Waals surface area contributed by atoms with Crippen LogP contribution >= 0.6 is 0 Å². The second kappa shape index (κ2) is 7.00. The Morgan fingerprint density at radius 3 is 2.31 bits per heavy atom. The molecule has 0 bridgehead atoms. The number of ether oxygens (including phenoxy) is 1. The summed E-state index contributed by atoms with van der Waals surface area (Å²) in [7, 11) is -4.04. The lowest BCUT2D eigenvalue weighted by atomic mass is 10.2. The summed E-state index contributed by atoms with van der Waals surface area (Å²) in [6.07, 6.45) is 0. The summed E-state index contributed by atoms with van der Waals surface area (Å²) in [4.78, 5) is 0.0749. The van der Waals surface area contributed by atoms with Crippen molar-refractivity contribution in [3.63, 3.8) is 0 Å². The van der Waals surface area contributed by atoms with E-state index in [1.54, 1.807) is 42.5 Å². The third-order valence-electron chi connectivity index (χ3n) is 4.59. The molecule has 4 rings (SSSR count). The van der Waals surface area contributed by atoms with E-state index in [2.05, 4.69) is 0 Å². The fourth-order valence-corrected chi connectivity index (χ4v) is 4.66. The normalized spacial score (nSPS) is 11.3. The molecule has 0 atom stereocenters. The molecule has 2 N–H and O–H groups in total. The maximum absolute atomic E-state index is 13.3. The van der Waals surface area contributed by atoms with Crippen LogP contribution in [-0.4, -0.2) is 12.4 Å². The summed E-state index contributed by atoms with van der Waals surface area (Å²) in [6, 6.07) is 22.4. The van der Waals surface area contributed by atoms with E-state index in [9.17, 15) is 13.7 Å². The molecule has 0 saturated carbocycles. The van der Waals surface area contributed by atoms with Crippen molar-refractivity contribution in [3.05, 3.63) is 84.1 Å². The smallest absolute Gasteiger partial charge is 0.269 e. The van der Waals surface area contributed by atoms with Gasteiger partial charge in [-0.05, 0) is 43.3 Å². The van der Waals surface area contributed by atoms with Gasteiger partial charge in [0.15, 0.2) is 5.69 Å². The number of hydrogen-bond donors (Lipinski definition) is 1. The van der Waals surface area contributed by atoms with Crippen LogP contribution in [0, 0.1) is 18.3 Å². The summed E-state index contributed by atoms with van der Waals surface area (Å²) >= 11 is 0. The Hall–Kier alpha value is -3.76. The third kappa shape index (κ3) is 3.10. The number of rotatable bonds is 4. The molecule has 29 heavy (non-hydrogen) atoms. The zero-order valence-corrected chi connectivity index (χ0v) is 16.3. The Morgan fingerprint density at radius 2 is 1.66 bits per heavy atom. The SMILES string of the molecule is Cc1ccc(S(=O)(=O)n2c(C#N)c(N)c3c(Oc4ccccc4)cccc32)cc1. The number of aromatic nitrogens is 1. The molecule has 6 nitrogen and oxygen atoms in total. The van der Waals surface area contributed by atoms with E-state index in [0.29, 0.717) is 16.9 Å². The van der Waals surface area contributed by atoms with Crippen molar-refractivity contribution < 1.29 is 13.2 Å². The fourth-order valence-electron chi connectivity index (χ4n) is 3.18. The highest BCUT2D eigenvalue weighted by Gasteiger charge is 2.27. The summed E-state index contributed by atoms with van der Waals surface area (Å²) in [5.74, 6) is 0.951. The van der Waals surface area contributed by atoms with E-state index in [0.717, 1.165) is 9.54 Å². The number of nitrogens with two attached hydrogens (primary N) is 1. The molecule has 7 heteroatoms. The number of para-hydroxylation sites is 1. The predicted octanol–water partition coefficient (Wildman–Crippen LogP) is 4.43. The van der Waals surface area contributed by atoms with Gasteiger partial charge >= 0.3 is 0 Å². The molecule has 144 valence electrons. The first kappa shape index (κ1) is 18.6. The van der Waals surface area contributed by atoms with Crippen LogP contribution in [-0.2, 0) is 10.0 Å². The van der Waals surface area contributed by atoms with E-state index >= 15 is 0 Å². The Morgan fingerprint density at radius 1 is 0.966 bits per heavy atom. The van der Waals surface area contributed by atoms with Crippen molar-refractivity contribution in [2.24, 2.45) is 0 Å². The zero-order chi connectivity index (χ0) is 20.6. The van der Waals surface area contributed by atoms with E-state index in [-0.39, 0.29) is 21.8 Å². The number of fused-ring (bicyclic) bond motifs is 1. The summed E-state index contributed by atoms with van der Waals surface area (Å²) in [6.45, 7) is 1.87. The first-order valence-electron chi connectivity index (χ1n) is 8.81. The van der Waals surface area contributed by atoms with Gasteiger partial charge in [-0.3, -0.25) is 0 Å². The van der Waals surface area contributed by atoms with E-state index in [4.69, 9.17) is 10.5 Å². The average molecular weight is 403 g/mol. The third-order valence-corrected chi connectivity index (χ3v) is 6.31. The lowest BCUT2D eigenvalue weighted by Crippen LogP contribution is -2.15. The molecule has 0 aliphatic rings. The molecule has 0 unspecified atom stereocenters. The van der Waals surface area contributed by atoms with Crippen LogP contribution in [0.5, 0.6) is 11.5 Å². The van der Waals surface area contributed by atoms with Crippen LogP contribution in [0.4, 0.5) is 5.69 Å². The molecule has 1 aromatic heterocycles. The zero-order valence-electron chi connectivity index (χ0n) is 15.5. The van der Waals surface area contributed by atoms with Crippen molar-refractivity contribution in [1.82, 2.24) is 3.97 Å². The second-order valence-corrected chi connectivity index (χ2v) is 8.31. The monoisotopic (exact) mass is 403 g/mol. The van der Waals surface area contributed by atoms with Gasteiger partial charge in [-0.1, -0.05) is 42.0 Å². The standard InChI is InChI=1S/C22H17N3O3S/c1-15-10-12-17(13-11-15)29(26,27)25-18-8-5-9-20(21(18)22(24)19(25)14-23)28-16-6-3-2-4-7-16/h2-13H,24H2,1H3. The van der Waals surface area contributed by atoms with Gasteiger partial charge in [-0.2, -0.15) is 5.26 Å². The first-order valence-corrected chi connectivity index (χ1v) is 10.3. The number of anilines is 1. The quantitative estimate of drug-likeness (QED) is 0.543. The molecule has 0 aliphatic heterocycles. The molecule has 0 fully saturated rings. The number of hydrogen-bond acceptors (Lipinski definition) is 5. The molecular formula is C22H17N3O3S. The molecule has 1 heterocycles. The number of benzene rings is 3. The maximum atomic E-state index is 13.3. The Kier molecular flexibility index (Phi) is 4.49. The molecule has 0 radical (unpaired) electrons. The van der Waals surface area contributed by atoms with Crippen molar-refractivity contribution >= 4 is 26.6 Å². The summed E-state index contributed by atoms with van der Waals surface area (Å²) in [5, 5.41) is 10.1. The number of aryl methyl sites for hydroxylation is 1. The Balaban J connectivity index is 1.97. The van der Waals surface area contributed by atoms with Crippen LogP contribution in [0.15, 0.2) is 77.7 Å². The molecule has 0 amide bonds. The molecule has 3 aromatic carbocycles. The van der Waals surface area contributed by atoms with E-state index in [1.165, 1.54) is 12.1 Å². The topological polar surface area (TPSA) is 98.1 Å². The van der Waals surface area contributed by atoms with Crippen LogP contribution in [0.2, 0.25) is 0 Å². The van der Waals surface area contributed by atoms with Gasteiger partial charge in [0.25, 0.3) is 10.0 Å². The minimum atomic E-state index is -4.04. The summed E-state index contributed by atoms with van der Waals surface area (Å²) < 4.78 is 33.6. The Bertz CT molecular complexity index is 1350. The van der Waals surface area contributed by atoms with Gasteiger partial charge < -0.3 is 10.5 Å². The van der Waals surface area contributed by atoms with Crippen molar-refractivity contribution in [2.75, 3.05) is 5.73 Å². The molecule has 4 aromatic rings. The fraction of sp³-hybridized carbons (Fsp3) is 0.0455. The summed E-state index contributed by atoms with van der Waals surface area (Å²) in [5.41, 5.74) is 7.34. The first-order chi connectivity index (χ1) is 13.9. The van der Waals surface area contributed by atoms with Crippen molar-refractivity contribution in [2.45, 2.75) is 11.8 Å².